The molecule has 0 unspecified atom stereocenters. The van der Waals surface area contributed by atoms with Crippen molar-refractivity contribution in [2.45, 2.75) is 32.6 Å². The Labute approximate surface area is 211 Å². The van der Waals surface area contributed by atoms with Crippen LogP contribution >= 0.6 is 24.0 Å². The molecule has 2 aromatic carbocycles. The lowest BCUT2D eigenvalue weighted by atomic mass is 9.90. The Bertz CT molecular complexity index is 1050. The Morgan fingerprint density at radius 1 is 1.12 bits per heavy atom. The van der Waals surface area contributed by atoms with Gasteiger partial charge >= 0.3 is 0 Å². The van der Waals surface area contributed by atoms with E-state index >= 15 is 0 Å². The van der Waals surface area contributed by atoms with Gasteiger partial charge in [-0.1, -0.05) is 66.4 Å². The first-order valence-electron chi connectivity index (χ1n) is 11.8. The van der Waals surface area contributed by atoms with E-state index in [2.05, 4.69) is 24.3 Å². The van der Waals surface area contributed by atoms with E-state index in [9.17, 15) is 9.59 Å². The number of carbonyl (C=O) groups excluding carboxylic acids is 2. The molecule has 0 aliphatic carbocycles. The van der Waals surface area contributed by atoms with Gasteiger partial charge in [-0.3, -0.25) is 14.5 Å². The van der Waals surface area contributed by atoms with Crippen molar-refractivity contribution in [3.05, 3.63) is 70.6 Å². The van der Waals surface area contributed by atoms with E-state index in [1.54, 1.807) is 4.90 Å². The highest BCUT2D eigenvalue weighted by molar-refractivity contribution is 8.26. The molecule has 0 aromatic heterocycles. The molecule has 0 bridgehead atoms. The largest absolute Gasteiger partial charge is 0.494 e. The standard InChI is InChI=1S/C27H30N2O3S2/c1-2-32-23-10-8-21(9-11-23)19-24-26(31)29(27(33)34-24)17-14-25(30)28-15-12-22(13-16-28)18-20-6-4-3-5-7-20/h3-11,19,22H,2,12-18H2,1H3/b24-19+. The van der Waals surface area contributed by atoms with Gasteiger partial charge in [-0.05, 0) is 61.4 Å². The molecule has 178 valence electrons. The fourth-order valence-electron chi connectivity index (χ4n) is 4.37. The van der Waals surface area contributed by atoms with Gasteiger partial charge in [-0.2, -0.15) is 0 Å². The molecule has 2 fully saturated rings. The van der Waals surface area contributed by atoms with Crippen molar-refractivity contribution in [2.24, 2.45) is 5.92 Å². The molecule has 0 N–H and O–H groups in total. The summed E-state index contributed by atoms with van der Waals surface area (Å²) in [6.45, 7) is 4.45. The normalized spacial score (nSPS) is 18.1. The topological polar surface area (TPSA) is 49.9 Å². The number of ether oxygens (including phenoxy) is 1. The number of thioether (sulfide) groups is 1. The third-order valence-electron chi connectivity index (χ3n) is 6.25. The highest BCUT2D eigenvalue weighted by Crippen LogP contribution is 2.33. The number of hydrogen-bond acceptors (Lipinski definition) is 5. The molecule has 0 atom stereocenters. The summed E-state index contributed by atoms with van der Waals surface area (Å²) < 4.78 is 5.98. The van der Waals surface area contributed by atoms with Crippen LogP contribution in [0.1, 0.15) is 37.3 Å². The highest BCUT2D eigenvalue weighted by atomic mass is 32.2. The van der Waals surface area contributed by atoms with Crippen molar-refractivity contribution in [1.82, 2.24) is 9.80 Å². The van der Waals surface area contributed by atoms with Crippen molar-refractivity contribution in [3.63, 3.8) is 0 Å². The minimum absolute atomic E-state index is 0.0997. The molecule has 2 aliphatic heterocycles. The fourth-order valence-corrected chi connectivity index (χ4v) is 5.68. The fraction of sp³-hybridized carbons (Fsp3) is 0.370. The molecular formula is C27H30N2O3S2. The summed E-state index contributed by atoms with van der Waals surface area (Å²) in [5.41, 5.74) is 2.28. The van der Waals surface area contributed by atoms with Crippen LogP contribution in [-0.4, -0.2) is 52.2 Å². The minimum Gasteiger partial charge on any atom is -0.494 e. The number of rotatable bonds is 8. The van der Waals surface area contributed by atoms with Crippen LogP contribution in [0, 0.1) is 5.92 Å². The maximum absolute atomic E-state index is 12.9. The molecule has 34 heavy (non-hydrogen) atoms. The predicted octanol–water partition coefficient (Wildman–Crippen LogP) is 5.16. The van der Waals surface area contributed by atoms with E-state index in [-0.39, 0.29) is 11.8 Å². The van der Waals surface area contributed by atoms with E-state index in [1.807, 2.05) is 48.2 Å². The summed E-state index contributed by atoms with van der Waals surface area (Å²) >= 11 is 6.73. The Morgan fingerprint density at radius 2 is 1.82 bits per heavy atom. The van der Waals surface area contributed by atoms with E-state index < -0.39 is 0 Å². The summed E-state index contributed by atoms with van der Waals surface area (Å²) in [5.74, 6) is 1.39. The first kappa shape index (κ1) is 24.5. The SMILES string of the molecule is CCOc1ccc(/C=C2/SC(=S)N(CCC(=O)N3CCC(Cc4ccccc4)CC3)C2=O)cc1. The van der Waals surface area contributed by atoms with Gasteiger partial charge in [0.1, 0.15) is 10.1 Å². The summed E-state index contributed by atoms with van der Waals surface area (Å²) in [4.78, 5) is 29.8. The van der Waals surface area contributed by atoms with Gasteiger partial charge in [0.15, 0.2) is 0 Å². The van der Waals surface area contributed by atoms with Gasteiger partial charge in [0.2, 0.25) is 5.91 Å². The lowest BCUT2D eigenvalue weighted by molar-refractivity contribution is -0.133. The van der Waals surface area contributed by atoms with Gasteiger partial charge in [-0.25, -0.2) is 0 Å². The summed E-state index contributed by atoms with van der Waals surface area (Å²) in [6.07, 6.45) is 5.25. The number of benzene rings is 2. The van der Waals surface area contributed by atoms with E-state index in [0.29, 0.717) is 34.7 Å². The van der Waals surface area contributed by atoms with E-state index in [1.165, 1.54) is 17.3 Å². The average molecular weight is 495 g/mol. The maximum Gasteiger partial charge on any atom is 0.266 e. The number of hydrogen-bond donors (Lipinski definition) is 0. The third-order valence-corrected chi connectivity index (χ3v) is 7.62. The summed E-state index contributed by atoms with van der Waals surface area (Å²) in [5, 5.41) is 0. The van der Waals surface area contributed by atoms with Gasteiger partial charge in [0.25, 0.3) is 5.91 Å². The second-order valence-corrected chi connectivity index (χ2v) is 10.3. The average Bonchev–Trinajstić information content (AvgIpc) is 3.12. The molecule has 0 saturated carbocycles. The van der Waals surface area contributed by atoms with Crippen molar-refractivity contribution < 1.29 is 14.3 Å². The molecular weight excluding hydrogens is 464 g/mol. The molecule has 2 saturated heterocycles. The second-order valence-electron chi connectivity index (χ2n) is 8.60. The molecule has 7 heteroatoms. The molecule has 4 rings (SSSR count). The monoisotopic (exact) mass is 494 g/mol. The zero-order chi connectivity index (χ0) is 23.9. The molecule has 2 amide bonds. The number of thiocarbonyl (C=S) groups is 1. The molecule has 5 nitrogen and oxygen atoms in total. The number of amides is 2. The summed E-state index contributed by atoms with van der Waals surface area (Å²) in [6, 6.07) is 18.2. The van der Waals surface area contributed by atoms with Crippen LogP contribution in [-0.2, 0) is 16.0 Å². The first-order valence-corrected chi connectivity index (χ1v) is 13.1. The Hall–Kier alpha value is -2.64. The quantitative estimate of drug-likeness (QED) is 0.375. The van der Waals surface area contributed by atoms with Crippen molar-refractivity contribution in [3.8, 4) is 5.75 Å². The van der Waals surface area contributed by atoms with Crippen LogP contribution in [0.3, 0.4) is 0 Å². The van der Waals surface area contributed by atoms with Crippen LogP contribution in [0.5, 0.6) is 5.75 Å². The zero-order valence-electron chi connectivity index (χ0n) is 19.4. The smallest absolute Gasteiger partial charge is 0.266 e. The highest BCUT2D eigenvalue weighted by Gasteiger charge is 2.33. The lowest BCUT2D eigenvalue weighted by Gasteiger charge is -2.32. The predicted molar refractivity (Wildman–Crippen MR) is 142 cm³/mol. The summed E-state index contributed by atoms with van der Waals surface area (Å²) in [7, 11) is 0. The van der Waals surface area contributed by atoms with Crippen molar-refractivity contribution >= 4 is 46.2 Å². The second kappa shape index (κ2) is 11.7. The molecule has 0 spiro atoms. The Kier molecular flexibility index (Phi) is 8.40. The van der Waals surface area contributed by atoms with Gasteiger partial charge in [0.05, 0.1) is 11.5 Å². The van der Waals surface area contributed by atoms with Crippen LogP contribution in [0.2, 0.25) is 0 Å². The Balaban J connectivity index is 1.26. The zero-order valence-corrected chi connectivity index (χ0v) is 21.1. The van der Waals surface area contributed by atoms with E-state index in [4.69, 9.17) is 17.0 Å². The van der Waals surface area contributed by atoms with Crippen molar-refractivity contribution in [2.75, 3.05) is 26.2 Å². The molecule has 0 radical (unpaired) electrons. The van der Waals surface area contributed by atoms with Crippen LogP contribution in [0.15, 0.2) is 59.5 Å². The number of piperidine rings is 1. The first-order chi connectivity index (χ1) is 16.5. The van der Waals surface area contributed by atoms with Gasteiger partial charge in [0, 0.05) is 26.1 Å². The molecule has 2 aromatic rings. The van der Waals surface area contributed by atoms with Crippen LogP contribution in [0.25, 0.3) is 6.08 Å². The van der Waals surface area contributed by atoms with Gasteiger partial charge in [-0.15, -0.1) is 0 Å². The third kappa shape index (κ3) is 6.27. The lowest BCUT2D eigenvalue weighted by Crippen LogP contribution is -2.41. The number of likely N-dealkylation sites (tertiary alicyclic amines) is 1. The van der Waals surface area contributed by atoms with Crippen LogP contribution < -0.4 is 4.74 Å². The number of nitrogens with zero attached hydrogens (tertiary/aromatic N) is 2. The van der Waals surface area contributed by atoms with Gasteiger partial charge < -0.3 is 9.64 Å². The maximum atomic E-state index is 12.9. The minimum atomic E-state index is -0.127. The van der Waals surface area contributed by atoms with Crippen molar-refractivity contribution in [1.29, 1.82) is 0 Å². The number of carbonyl (C=O) groups is 2. The molecule has 2 aliphatic rings. The van der Waals surface area contributed by atoms with E-state index in [0.717, 1.165) is 43.7 Å². The Morgan fingerprint density at radius 3 is 2.50 bits per heavy atom. The van der Waals surface area contributed by atoms with Crippen LogP contribution in [0.4, 0.5) is 0 Å². The molecule has 2 heterocycles.